The highest BCUT2D eigenvalue weighted by Gasteiger charge is 2.11. The molecule has 0 aliphatic heterocycles. The van der Waals surface area contributed by atoms with Gasteiger partial charge >= 0.3 is 0 Å². The Hall–Kier alpha value is -2.37. The maximum absolute atomic E-state index is 11.9. The van der Waals surface area contributed by atoms with Crippen molar-refractivity contribution >= 4 is 11.6 Å². The lowest BCUT2D eigenvalue weighted by molar-refractivity contribution is -0.641. The van der Waals surface area contributed by atoms with Crippen LogP contribution < -0.4 is 17.7 Å². The van der Waals surface area contributed by atoms with Gasteiger partial charge in [-0.05, 0) is 18.2 Å². The van der Waals surface area contributed by atoms with E-state index in [-0.39, 0.29) is 42.0 Å². The quantitative estimate of drug-likeness (QED) is 0.314. The number of benzene rings is 2. The van der Waals surface area contributed by atoms with E-state index in [0.717, 1.165) is 0 Å². The number of Topliss-reactive ketones (excluding diaryl/α,β-unsaturated/α-hetero) is 2. The number of nitrogens with two attached hydrogens (primary N) is 1. The van der Waals surface area contributed by atoms with Crippen molar-refractivity contribution in [2.75, 3.05) is 13.1 Å². The van der Waals surface area contributed by atoms with Gasteiger partial charge in [-0.1, -0.05) is 30.3 Å². The number of rotatable bonds is 7. The normalized spacial score (nSPS) is 9.91. The minimum atomic E-state index is -0.315. The van der Waals surface area contributed by atoms with Crippen LogP contribution in [-0.4, -0.2) is 34.9 Å². The van der Waals surface area contributed by atoms with Crippen LogP contribution in [0.5, 0.6) is 11.5 Å². The molecule has 0 unspecified atom stereocenters. The molecular formula is C17H18ClNO4. The molecule has 0 fully saturated rings. The smallest absolute Gasteiger partial charge is 0.216 e. The van der Waals surface area contributed by atoms with Crippen molar-refractivity contribution < 1.29 is 37.5 Å². The summed E-state index contributed by atoms with van der Waals surface area (Å²) in [4.78, 5) is 23.8. The zero-order chi connectivity index (χ0) is 15.9. The second-order valence-electron chi connectivity index (χ2n) is 4.95. The lowest BCUT2D eigenvalue weighted by Gasteiger charge is -2.03. The molecule has 0 saturated carbocycles. The fourth-order valence-corrected chi connectivity index (χ4v) is 2.05. The van der Waals surface area contributed by atoms with E-state index in [4.69, 9.17) is 0 Å². The number of phenolic OH excluding ortho intramolecular Hbond substituents is 2. The maximum Gasteiger partial charge on any atom is 0.216 e. The third-order valence-electron chi connectivity index (χ3n) is 3.30. The molecule has 0 bridgehead atoms. The first-order valence-electron chi connectivity index (χ1n) is 7.03. The van der Waals surface area contributed by atoms with Gasteiger partial charge in [0.05, 0.1) is 13.0 Å². The van der Waals surface area contributed by atoms with Crippen LogP contribution in [0.4, 0.5) is 0 Å². The lowest BCUT2D eigenvalue weighted by atomic mass is 10.1. The Kier molecular flexibility index (Phi) is 7.25. The molecule has 122 valence electrons. The number of ketones is 2. The first-order valence-corrected chi connectivity index (χ1v) is 7.03. The number of hydrogen-bond donors (Lipinski definition) is 3. The van der Waals surface area contributed by atoms with Crippen LogP contribution in [0, 0.1) is 0 Å². The van der Waals surface area contributed by atoms with Gasteiger partial charge in [-0.15, -0.1) is 0 Å². The largest absolute Gasteiger partial charge is 1.00 e. The Labute approximate surface area is 140 Å². The summed E-state index contributed by atoms with van der Waals surface area (Å²) in [6.45, 7) is 0.704. The molecule has 0 atom stereocenters. The highest BCUT2D eigenvalue weighted by Crippen LogP contribution is 2.24. The highest BCUT2D eigenvalue weighted by atomic mass is 35.5. The molecule has 0 heterocycles. The number of carbonyl (C=O) groups is 2. The molecule has 2 aromatic rings. The van der Waals surface area contributed by atoms with Gasteiger partial charge in [-0.3, -0.25) is 9.59 Å². The molecule has 0 spiro atoms. The summed E-state index contributed by atoms with van der Waals surface area (Å²) in [5.74, 6) is -0.687. The predicted molar refractivity (Wildman–Crippen MR) is 81.2 cm³/mol. The SMILES string of the molecule is O=C(CC[NH2+]CC(=O)c1ccc(O)c(O)c1)c1ccccc1.[Cl-]. The first-order chi connectivity index (χ1) is 10.6. The van der Waals surface area contributed by atoms with Crippen molar-refractivity contribution in [2.45, 2.75) is 6.42 Å². The van der Waals surface area contributed by atoms with Crippen LogP contribution in [0.2, 0.25) is 0 Å². The van der Waals surface area contributed by atoms with Gasteiger partial charge in [0.15, 0.2) is 17.3 Å². The number of hydrogen-bond acceptors (Lipinski definition) is 4. The fourth-order valence-electron chi connectivity index (χ4n) is 2.05. The highest BCUT2D eigenvalue weighted by molar-refractivity contribution is 5.97. The summed E-state index contributed by atoms with van der Waals surface area (Å²) in [6, 6.07) is 13.0. The standard InChI is InChI=1S/C17H17NO4.ClH/c19-14(12-4-2-1-3-5-12)8-9-18-11-17(22)13-6-7-15(20)16(21)10-13;/h1-7,10,18,20-21H,8-9,11H2;1H. The number of halogens is 1. The average molecular weight is 336 g/mol. The Morgan fingerprint density at radius 3 is 2.22 bits per heavy atom. The third kappa shape index (κ3) is 5.39. The van der Waals surface area contributed by atoms with E-state index in [2.05, 4.69) is 0 Å². The molecular weight excluding hydrogens is 318 g/mol. The van der Waals surface area contributed by atoms with Gasteiger partial charge < -0.3 is 27.9 Å². The molecule has 2 rings (SSSR count). The van der Waals surface area contributed by atoms with Crippen molar-refractivity contribution in [1.82, 2.24) is 0 Å². The monoisotopic (exact) mass is 335 g/mol. The topological polar surface area (TPSA) is 91.2 Å². The van der Waals surface area contributed by atoms with Crippen LogP contribution in [0.15, 0.2) is 48.5 Å². The van der Waals surface area contributed by atoms with E-state index in [1.165, 1.54) is 18.2 Å². The third-order valence-corrected chi connectivity index (χ3v) is 3.30. The Morgan fingerprint density at radius 2 is 1.57 bits per heavy atom. The second-order valence-corrected chi connectivity index (χ2v) is 4.95. The van der Waals surface area contributed by atoms with Crippen molar-refractivity contribution in [2.24, 2.45) is 0 Å². The predicted octanol–water partition coefficient (Wildman–Crippen LogP) is -1.88. The van der Waals surface area contributed by atoms with Crippen molar-refractivity contribution in [1.29, 1.82) is 0 Å². The van der Waals surface area contributed by atoms with Crippen molar-refractivity contribution in [3.8, 4) is 11.5 Å². The van der Waals surface area contributed by atoms with Gasteiger partial charge in [0, 0.05) is 11.1 Å². The second kappa shape index (κ2) is 8.92. The zero-order valence-electron chi connectivity index (χ0n) is 12.4. The Balaban J connectivity index is 0.00000264. The molecule has 0 aromatic heterocycles. The molecule has 0 amide bonds. The van der Waals surface area contributed by atoms with Crippen LogP contribution in [-0.2, 0) is 0 Å². The molecule has 4 N–H and O–H groups in total. The fraction of sp³-hybridized carbons (Fsp3) is 0.176. The van der Waals surface area contributed by atoms with E-state index >= 15 is 0 Å². The van der Waals surface area contributed by atoms with Gasteiger partial charge in [-0.25, -0.2) is 0 Å². The van der Waals surface area contributed by atoms with E-state index in [1.54, 1.807) is 17.4 Å². The van der Waals surface area contributed by atoms with Crippen LogP contribution in [0.25, 0.3) is 0 Å². The summed E-state index contributed by atoms with van der Waals surface area (Å²) in [7, 11) is 0. The van der Waals surface area contributed by atoms with E-state index < -0.39 is 0 Å². The molecule has 0 aliphatic carbocycles. The van der Waals surface area contributed by atoms with Gasteiger partial charge in [0.25, 0.3) is 0 Å². The Bertz CT molecular complexity index is 674. The van der Waals surface area contributed by atoms with E-state index in [0.29, 0.717) is 24.1 Å². The van der Waals surface area contributed by atoms with Crippen LogP contribution in [0.3, 0.4) is 0 Å². The minimum absolute atomic E-state index is 0. The average Bonchev–Trinajstić information content (AvgIpc) is 2.54. The van der Waals surface area contributed by atoms with Crippen molar-refractivity contribution in [3.05, 3.63) is 59.7 Å². The summed E-state index contributed by atoms with van der Waals surface area (Å²) in [5, 5.41) is 20.3. The number of carbonyl (C=O) groups excluding carboxylic acids is 2. The maximum atomic E-state index is 11.9. The zero-order valence-corrected chi connectivity index (χ0v) is 13.2. The molecule has 5 nitrogen and oxygen atoms in total. The molecule has 23 heavy (non-hydrogen) atoms. The molecule has 2 aromatic carbocycles. The molecule has 0 saturated heterocycles. The van der Waals surface area contributed by atoms with Gasteiger partial charge in [0.1, 0.15) is 6.54 Å². The van der Waals surface area contributed by atoms with Gasteiger partial charge in [0.2, 0.25) is 5.78 Å². The van der Waals surface area contributed by atoms with E-state index in [9.17, 15) is 19.8 Å². The number of phenols is 2. The van der Waals surface area contributed by atoms with E-state index in [1.807, 2.05) is 18.2 Å². The first kappa shape index (κ1) is 18.7. The Morgan fingerprint density at radius 1 is 0.870 bits per heavy atom. The molecule has 6 heteroatoms. The molecule has 0 radical (unpaired) electrons. The summed E-state index contributed by atoms with van der Waals surface area (Å²) < 4.78 is 0. The molecule has 0 aliphatic rings. The van der Waals surface area contributed by atoms with Crippen molar-refractivity contribution in [3.63, 3.8) is 0 Å². The summed E-state index contributed by atoms with van der Waals surface area (Å²) in [6.07, 6.45) is 0.359. The minimum Gasteiger partial charge on any atom is -1.00 e. The van der Waals surface area contributed by atoms with Gasteiger partial charge in [-0.2, -0.15) is 0 Å². The van der Waals surface area contributed by atoms with Crippen LogP contribution in [0.1, 0.15) is 27.1 Å². The number of quaternary nitrogens is 1. The summed E-state index contributed by atoms with van der Waals surface area (Å²) >= 11 is 0. The van der Waals surface area contributed by atoms with Crippen LogP contribution >= 0.6 is 0 Å². The summed E-state index contributed by atoms with van der Waals surface area (Å²) in [5.41, 5.74) is 1.01. The number of aromatic hydroxyl groups is 2. The lowest BCUT2D eigenvalue weighted by Crippen LogP contribution is -3.00.